The Morgan fingerprint density at radius 3 is 2.28 bits per heavy atom. The zero-order valence-corrected chi connectivity index (χ0v) is 22.6. The van der Waals surface area contributed by atoms with Gasteiger partial charge in [0.1, 0.15) is 6.61 Å². The van der Waals surface area contributed by atoms with Crippen LogP contribution in [0.15, 0.2) is 97.1 Å². The summed E-state index contributed by atoms with van der Waals surface area (Å²) < 4.78 is 5.45. The molecule has 0 spiro atoms. The highest BCUT2D eigenvalue weighted by molar-refractivity contribution is 5.79. The first-order chi connectivity index (χ1) is 19.1. The SMILES string of the molecule is O=C(CCCCCCN1C(=O)CC[C@@H]1/C=C/[C@@H](O)Cc1ccccc1)OCc1ccc(-c2ccccc2)cc1. The van der Waals surface area contributed by atoms with E-state index in [1.54, 1.807) is 0 Å². The van der Waals surface area contributed by atoms with E-state index in [1.807, 2.05) is 77.7 Å². The van der Waals surface area contributed by atoms with Gasteiger partial charge in [0.15, 0.2) is 0 Å². The van der Waals surface area contributed by atoms with Crippen LogP contribution in [0.2, 0.25) is 0 Å². The van der Waals surface area contributed by atoms with Crippen molar-refractivity contribution < 1.29 is 19.4 Å². The van der Waals surface area contributed by atoms with Gasteiger partial charge >= 0.3 is 5.97 Å². The van der Waals surface area contributed by atoms with E-state index >= 15 is 0 Å². The maximum Gasteiger partial charge on any atom is 0.306 e. The highest BCUT2D eigenvalue weighted by Gasteiger charge is 2.28. The normalized spacial score (nSPS) is 16.1. The Kier molecular flexibility index (Phi) is 10.9. The number of carbonyl (C=O) groups is 2. The number of esters is 1. The average Bonchev–Trinajstić information content (AvgIpc) is 3.32. The van der Waals surface area contributed by atoms with Crippen molar-refractivity contribution in [3.8, 4) is 11.1 Å². The third-order valence-electron chi connectivity index (χ3n) is 7.21. The molecule has 1 fully saturated rings. The number of hydrogen-bond acceptors (Lipinski definition) is 4. The number of aliphatic hydroxyl groups is 1. The van der Waals surface area contributed by atoms with Crippen LogP contribution in [0.4, 0.5) is 0 Å². The summed E-state index contributed by atoms with van der Waals surface area (Å²) in [4.78, 5) is 26.5. The second-order valence-electron chi connectivity index (χ2n) is 10.2. The summed E-state index contributed by atoms with van der Waals surface area (Å²) in [5.74, 6) is 0.0127. The molecule has 204 valence electrons. The van der Waals surface area contributed by atoms with E-state index in [4.69, 9.17) is 4.74 Å². The lowest BCUT2D eigenvalue weighted by molar-refractivity contribution is -0.145. The van der Waals surface area contributed by atoms with E-state index in [1.165, 1.54) is 5.56 Å². The molecule has 3 aromatic carbocycles. The molecule has 1 saturated heterocycles. The van der Waals surface area contributed by atoms with Gasteiger partial charge in [-0.05, 0) is 41.5 Å². The van der Waals surface area contributed by atoms with Gasteiger partial charge in [-0.1, -0.05) is 110 Å². The maximum absolute atomic E-state index is 12.4. The van der Waals surface area contributed by atoms with E-state index in [0.717, 1.165) is 48.8 Å². The molecular weight excluding hydrogens is 486 g/mol. The second kappa shape index (κ2) is 15.0. The van der Waals surface area contributed by atoms with Crippen molar-refractivity contribution in [1.82, 2.24) is 4.90 Å². The lowest BCUT2D eigenvalue weighted by atomic mass is 10.0. The minimum Gasteiger partial charge on any atom is -0.461 e. The monoisotopic (exact) mass is 525 g/mol. The Morgan fingerprint density at radius 1 is 0.872 bits per heavy atom. The summed E-state index contributed by atoms with van der Waals surface area (Å²) in [6.07, 6.45) is 9.19. The maximum atomic E-state index is 12.4. The van der Waals surface area contributed by atoms with Crippen molar-refractivity contribution in [2.24, 2.45) is 0 Å². The largest absolute Gasteiger partial charge is 0.461 e. The number of likely N-dealkylation sites (tertiary alicyclic amines) is 1. The smallest absolute Gasteiger partial charge is 0.306 e. The fraction of sp³-hybridized carbons (Fsp3) is 0.353. The molecule has 39 heavy (non-hydrogen) atoms. The Bertz CT molecular complexity index is 1190. The third kappa shape index (κ3) is 9.22. The molecule has 3 aromatic rings. The van der Waals surface area contributed by atoms with E-state index in [2.05, 4.69) is 24.3 Å². The number of nitrogens with zero attached hydrogens (tertiary/aromatic N) is 1. The lowest BCUT2D eigenvalue weighted by Crippen LogP contribution is -2.32. The van der Waals surface area contributed by atoms with Crippen molar-refractivity contribution in [1.29, 1.82) is 0 Å². The van der Waals surface area contributed by atoms with E-state index in [-0.39, 0.29) is 17.9 Å². The lowest BCUT2D eigenvalue weighted by Gasteiger charge is -2.22. The predicted octanol–water partition coefficient (Wildman–Crippen LogP) is 6.50. The molecule has 0 unspecified atom stereocenters. The average molecular weight is 526 g/mol. The fourth-order valence-electron chi connectivity index (χ4n) is 4.99. The van der Waals surface area contributed by atoms with Crippen LogP contribution in [-0.2, 0) is 27.4 Å². The summed E-state index contributed by atoms with van der Waals surface area (Å²) in [5.41, 5.74) is 4.38. The molecule has 2 atom stereocenters. The molecule has 0 radical (unpaired) electrons. The third-order valence-corrected chi connectivity index (χ3v) is 7.21. The van der Waals surface area contributed by atoms with Gasteiger partial charge in [0, 0.05) is 25.8 Å². The number of carbonyl (C=O) groups excluding carboxylic acids is 2. The second-order valence-corrected chi connectivity index (χ2v) is 10.2. The topological polar surface area (TPSA) is 66.8 Å². The molecular formula is C34H39NO4. The number of hydrogen-bond donors (Lipinski definition) is 1. The molecule has 5 nitrogen and oxygen atoms in total. The first kappa shape index (κ1) is 28.3. The molecule has 4 rings (SSSR count). The van der Waals surface area contributed by atoms with Crippen LogP contribution in [0.1, 0.15) is 56.1 Å². The first-order valence-electron chi connectivity index (χ1n) is 14.1. The zero-order chi connectivity index (χ0) is 27.3. The van der Waals surface area contributed by atoms with Gasteiger partial charge in [-0.2, -0.15) is 0 Å². The molecule has 0 aromatic heterocycles. The van der Waals surface area contributed by atoms with Crippen LogP contribution < -0.4 is 0 Å². The van der Waals surface area contributed by atoms with E-state index < -0.39 is 6.10 Å². The van der Waals surface area contributed by atoms with E-state index in [9.17, 15) is 14.7 Å². The molecule has 1 heterocycles. The van der Waals surface area contributed by atoms with Gasteiger partial charge in [-0.3, -0.25) is 9.59 Å². The minimum absolute atomic E-state index is 0.0552. The van der Waals surface area contributed by atoms with Gasteiger partial charge in [0.2, 0.25) is 5.91 Å². The summed E-state index contributed by atoms with van der Waals surface area (Å²) in [5, 5.41) is 10.4. The van der Waals surface area contributed by atoms with Crippen molar-refractivity contribution in [2.45, 2.75) is 70.1 Å². The van der Waals surface area contributed by atoms with Gasteiger partial charge in [0.05, 0.1) is 12.1 Å². The number of aliphatic hydroxyl groups excluding tert-OH is 1. The van der Waals surface area contributed by atoms with Crippen molar-refractivity contribution in [2.75, 3.05) is 6.54 Å². The van der Waals surface area contributed by atoms with Crippen LogP contribution in [0, 0.1) is 0 Å². The van der Waals surface area contributed by atoms with Crippen LogP contribution in [0.5, 0.6) is 0 Å². The van der Waals surface area contributed by atoms with Gasteiger partial charge in [0.25, 0.3) is 0 Å². The highest BCUT2D eigenvalue weighted by Crippen LogP contribution is 2.22. The van der Waals surface area contributed by atoms with Gasteiger partial charge in [-0.25, -0.2) is 0 Å². The molecule has 1 amide bonds. The summed E-state index contributed by atoms with van der Waals surface area (Å²) >= 11 is 0. The molecule has 5 heteroatoms. The van der Waals surface area contributed by atoms with Crippen molar-refractivity contribution in [3.63, 3.8) is 0 Å². The Morgan fingerprint density at radius 2 is 1.54 bits per heavy atom. The molecule has 0 bridgehead atoms. The molecule has 1 aliphatic heterocycles. The van der Waals surface area contributed by atoms with Crippen LogP contribution in [0.25, 0.3) is 11.1 Å². The first-order valence-corrected chi connectivity index (χ1v) is 14.1. The number of amides is 1. The summed E-state index contributed by atoms with van der Waals surface area (Å²) in [6.45, 7) is 1.01. The zero-order valence-electron chi connectivity index (χ0n) is 22.6. The highest BCUT2D eigenvalue weighted by atomic mass is 16.5. The fourth-order valence-corrected chi connectivity index (χ4v) is 4.99. The van der Waals surface area contributed by atoms with Crippen molar-refractivity contribution >= 4 is 11.9 Å². The van der Waals surface area contributed by atoms with Crippen LogP contribution in [-0.4, -0.2) is 40.6 Å². The number of benzene rings is 3. The summed E-state index contributed by atoms with van der Waals surface area (Å²) in [6, 6.07) is 28.3. The number of ether oxygens (including phenoxy) is 1. The number of rotatable bonds is 14. The molecule has 0 aliphatic carbocycles. The minimum atomic E-state index is -0.557. The van der Waals surface area contributed by atoms with Crippen LogP contribution in [0.3, 0.4) is 0 Å². The molecule has 1 aliphatic rings. The molecule has 0 saturated carbocycles. The Hall–Kier alpha value is -3.70. The summed E-state index contributed by atoms with van der Waals surface area (Å²) in [7, 11) is 0. The molecule has 1 N–H and O–H groups in total. The Balaban J connectivity index is 1.09. The van der Waals surface area contributed by atoms with Crippen molar-refractivity contribution in [3.05, 3.63) is 108 Å². The quantitative estimate of drug-likeness (QED) is 0.148. The Labute approximate surface area is 232 Å². The van der Waals surface area contributed by atoms with Gasteiger partial charge in [-0.15, -0.1) is 0 Å². The van der Waals surface area contributed by atoms with Gasteiger partial charge < -0.3 is 14.7 Å². The standard InChI is InChI=1S/C34H39NO4/c36-32(25-27-11-5-3-6-12-27)22-20-31-21-23-33(37)35(31)24-10-2-1-9-15-34(38)39-26-28-16-18-30(19-17-28)29-13-7-4-8-14-29/h3-8,11-14,16-20,22,31-32,36H,1-2,9-10,15,21,23-26H2/b22-20+/t31-,32+/m0/s1. The predicted molar refractivity (Wildman–Crippen MR) is 155 cm³/mol. The van der Waals surface area contributed by atoms with E-state index in [0.29, 0.717) is 32.4 Å². The number of unbranched alkanes of at least 4 members (excludes halogenated alkanes) is 3. The van der Waals surface area contributed by atoms with Crippen LogP contribution >= 0.6 is 0 Å².